The van der Waals surface area contributed by atoms with Gasteiger partial charge in [-0.15, -0.1) is 0 Å². The highest BCUT2D eigenvalue weighted by atomic mass is 16.2. The summed E-state index contributed by atoms with van der Waals surface area (Å²) in [4.78, 5) is 26.0. The minimum absolute atomic E-state index is 0. The number of nitrogens with zero attached hydrogens (tertiary/aromatic N) is 1. The lowest BCUT2D eigenvalue weighted by Gasteiger charge is -2.47. The fourth-order valence-electron chi connectivity index (χ4n) is 4.98. The van der Waals surface area contributed by atoms with E-state index in [1.54, 1.807) is 0 Å². The third-order valence-corrected chi connectivity index (χ3v) is 6.87. The minimum atomic E-state index is -0.0957. The highest BCUT2D eigenvalue weighted by Gasteiger charge is 2.42. The van der Waals surface area contributed by atoms with Gasteiger partial charge in [0.05, 0.1) is 6.04 Å². The summed E-state index contributed by atoms with van der Waals surface area (Å²) in [6.45, 7) is 12.3. The van der Waals surface area contributed by atoms with Crippen LogP contribution in [0.3, 0.4) is 0 Å². The maximum atomic E-state index is 12.4. The number of benzene rings is 1. The SMILES string of the molecule is CC(=O)NCCC(=O)N[C@@H]1CCC2(CCN(CCC(C)(C)C)CC2)c2ccccc21.[HH].[HH]. The van der Waals surface area contributed by atoms with Crippen molar-refractivity contribution < 1.29 is 12.4 Å². The molecule has 5 heteroatoms. The number of carbonyl (C=O) groups is 2. The second-order valence-electron chi connectivity index (χ2n) is 10.4. The smallest absolute Gasteiger partial charge is 0.222 e. The molecule has 1 aliphatic carbocycles. The van der Waals surface area contributed by atoms with Gasteiger partial charge in [-0.3, -0.25) is 9.59 Å². The van der Waals surface area contributed by atoms with Crippen molar-refractivity contribution in [3.05, 3.63) is 35.4 Å². The summed E-state index contributed by atoms with van der Waals surface area (Å²) in [6, 6.07) is 8.80. The molecule has 0 aromatic heterocycles. The topological polar surface area (TPSA) is 61.4 Å². The Kier molecular flexibility index (Phi) is 7.22. The number of rotatable bonds is 6. The van der Waals surface area contributed by atoms with E-state index in [1.807, 2.05) is 0 Å². The highest BCUT2D eigenvalue weighted by molar-refractivity contribution is 5.78. The number of hydrogen-bond donors (Lipinski definition) is 2. The van der Waals surface area contributed by atoms with E-state index < -0.39 is 0 Å². The van der Waals surface area contributed by atoms with Crippen molar-refractivity contribution in [3.63, 3.8) is 0 Å². The molecular formula is C25H43N3O2. The predicted molar refractivity (Wildman–Crippen MR) is 126 cm³/mol. The molecule has 1 aromatic carbocycles. The number of fused-ring (bicyclic) bond motifs is 2. The van der Waals surface area contributed by atoms with Gasteiger partial charge in [0, 0.05) is 22.7 Å². The van der Waals surface area contributed by atoms with Crippen LogP contribution in [0.2, 0.25) is 0 Å². The first kappa shape index (κ1) is 22.8. The van der Waals surface area contributed by atoms with Gasteiger partial charge in [0.1, 0.15) is 0 Å². The van der Waals surface area contributed by atoms with Gasteiger partial charge in [0.25, 0.3) is 0 Å². The van der Waals surface area contributed by atoms with Crippen molar-refractivity contribution in [2.24, 2.45) is 5.41 Å². The van der Waals surface area contributed by atoms with Crippen LogP contribution in [-0.2, 0) is 15.0 Å². The molecule has 5 nitrogen and oxygen atoms in total. The Bertz CT molecular complexity index is 756. The van der Waals surface area contributed by atoms with E-state index in [0.717, 1.165) is 25.9 Å². The average molecular weight is 418 g/mol. The van der Waals surface area contributed by atoms with Crippen molar-refractivity contribution in [2.75, 3.05) is 26.2 Å². The molecule has 1 aromatic rings. The molecule has 0 bridgehead atoms. The maximum absolute atomic E-state index is 12.4. The summed E-state index contributed by atoms with van der Waals surface area (Å²) >= 11 is 0. The first-order chi connectivity index (χ1) is 14.2. The fraction of sp³-hybridized carbons (Fsp3) is 0.680. The van der Waals surface area contributed by atoms with Gasteiger partial charge < -0.3 is 15.5 Å². The molecule has 1 spiro atoms. The zero-order valence-corrected chi connectivity index (χ0v) is 19.2. The first-order valence-electron chi connectivity index (χ1n) is 11.5. The molecule has 170 valence electrons. The van der Waals surface area contributed by atoms with Gasteiger partial charge in [-0.25, -0.2) is 0 Å². The van der Waals surface area contributed by atoms with Gasteiger partial charge in [-0.1, -0.05) is 45.0 Å². The van der Waals surface area contributed by atoms with E-state index in [2.05, 4.69) is 60.6 Å². The Morgan fingerprint density at radius 1 is 1.17 bits per heavy atom. The minimum Gasteiger partial charge on any atom is -0.356 e. The molecule has 30 heavy (non-hydrogen) atoms. The normalized spacial score (nSPS) is 21.1. The average Bonchev–Trinajstić information content (AvgIpc) is 2.69. The van der Waals surface area contributed by atoms with Crippen LogP contribution in [0.25, 0.3) is 0 Å². The summed E-state index contributed by atoms with van der Waals surface area (Å²) in [5.41, 5.74) is 3.38. The molecule has 0 radical (unpaired) electrons. The molecule has 1 fully saturated rings. The molecule has 1 saturated heterocycles. The van der Waals surface area contributed by atoms with Gasteiger partial charge >= 0.3 is 0 Å². The number of nitrogens with one attached hydrogen (secondary N) is 2. The standard InChI is InChI=1S/C25H39N3O2.2H2/c1-19(29)26-15-10-23(30)27-22-9-11-25(21-8-6-5-7-20(21)22)13-17-28(18-14-25)16-12-24(2,3)4;;/h5-8,22H,9-18H2,1-4H3,(H,26,29)(H,27,30);2*1H/t22-;;/m1../s1. The van der Waals surface area contributed by atoms with Gasteiger partial charge in [-0.05, 0) is 73.7 Å². The molecule has 1 atom stereocenters. The van der Waals surface area contributed by atoms with Crippen LogP contribution in [0.1, 0.15) is 86.2 Å². The lowest BCUT2D eigenvalue weighted by molar-refractivity contribution is -0.122. The largest absolute Gasteiger partial charge is 0.356 e. The summed E-state index contributed by atoms with van der Waals surface area (Å²) in [6.07, 6.45) is 6.10. The van der Waals surface area contributed by atoms with Gasteiger partial charge in [0.15, 0.2) is 0 Å². The number of piperidine rings is 1. The Balaban J connectivity index is 0.00000256. The summed E-state index contributed by atoms with van der Waals surface area (Å²) < 4.78 is 0. The lowest BCUT2D eigenvalue weighted by atomic mass is 9.63. The molecule has 0 saturated carbocycles. The van der Waals surface area contributed by atoms with Crippen LogP contribution in [-0.4, -0.2) is 42.9 Å². The van der Waals surface area contributed by atoms with Crippen LogP contribution < -0.4 is 10.6 Å². The Morgan fingerprint density at radius 2 is 1.87 bits per heavy atom. The quantitative estimate of drug-likeness (QED) is 0.720. The Hall–Kier alpha value is -1.88. The number of carbonyl (C=O) groups excluding carboxylic acids is 2. The summed E-state index contributed by atoms with van der Waals surface area (Å²) in [5.74, 6) is -0.0851. The van der Waals surface area contributed by atoms with Crippen molar-refractivity contribution in [2.45, 2.75) is 77.7 Å². The molecule has 2 N–H and O–H groups in total. The van der Waals surface area contributed by atoms with Crippen LogP contribution in [0.5, 0.6) is 0 Å². The molecule has 1 heterocycles. The molecule has 0 unspecified atom stereocenters. The number of amides is 2. The van der Waals surface area contributed by atoms with Crippen molar-refractivity contribution >= 4 is 11.8 Å². The van der Waals surface area contributed by atoms with E-state index in [0.29, 0.717) is 18.4 Å². The van der Waals surface area contributed by atoms with E-state index in [-0.39, 0.29) is 26.1 Å². The third-order valence-electron chi connectivity index (χ3n) is 6.87. The monoisotopic (exact) mass is 417 g/mol. The maximum Gasteiger partial charge on any atom is 0.222 e. The van der Waals surface area contributed by atoms with Crippen LogP contribution in [0.15, 0.2) is 24.3 Å². The Labute approximate surface area is 185 Å². The fourth-order valence-corrected chi connectivity index (χ4v) is 4.98. The van der Waals surface area contributed by atoms with Crippen molar-refractivity contribution in [1.29, 1.82) is 0 Å². The second kappa shape index (κ2) is 9.51. The zero-order chi connectivity index (χ0) is 21.8. The molecule has 2 amide bonds. The highest BCUT2D eigenvalue weighted by Crippen LogP contribution is 2.48. The number of hydrogen-bond acceptors (Lipinski definition) is 3. The molecule has 1 aliphatic heterocycles. The number of likely N-dealkylation sites (tertiary alicyclic amines) is 1. The van der Waals surface area contributed by atoms with Crippen molar-refractivity contribution in [1.82, 2.24) is 15.5 Å². The lowest BCUT2D eigenvalue weighted by Crippen LogP contribution is -2.46. The summed E-state index contributed by atoms with van der Waals surface area (Å²) in [5, 5.41) is 5.91. The molecule has 3 rings (SSSR count). The van der Waals surface area contributed by atoms with Crippen LogP contribution in [0.4, 0.5) is 0 Å². The van der Waals surface area contributed by atoms with E-state index in [1.165, 1.54) is 43.9 Å². The first-order valence-corrected chi connectivity index (χ1v) is 11.5. The zero-order valence-electron chi connectivity index (χ0n) is 19.2. The van der Waals surface area contributed by atoms with Gasteiger partial charge in [-0.2, -0.15) is 0 Å². The van der Waals surface area contributed by atoms with E-state index >= 15 is 0 Å². The second-order valence-corrected chi connectivity index (χ2v) is 10.4. The van der Waals surface area contributed by atoms with E-state index in [9.17, 15) is 9.59 Å². The van der Waals surface area contributed by atoms with E-state index in [4.69, 9.17) is 0 Å². The predicted octanol–water partition coefficient (Wildman–Crippen LogP) is 4.43. The molecule has 2 aliphatic rings. The van der Waals surface area contributed by atoms with Crippen molar-refractivity contribution in [3.8, 4) is 0 Å². The Morgan fingerprint density at radius 3 is 2.53 bits per heavy atom. The van der Waals surface area contributed by atoms with Gasteiger partial charge in [0.2, 0.25) is 11.8 Å². The van der Waals surface area contributed by atoms with Crippen LogP contribution >= 0.6 is 0 Å². The molecular weight excluding hydrogens is 374 g/mol. The summed E-state index contributed by atoms with van der Waals surface area (Å²) in [7, 11) is 0. The van der Waals surface area contributed by atoms with Crippen LogP contribution in [0, 0.1) is 5.41 Å². The third kappa shape index (κ3) is 5.84.